The second-order valence-corrected chi connectivity index (χ2v) is 2.53. The van der Waals surface area contributed by atoms with Crippen molar-refractivity contribution in [2.75, 3.05) is 13.7 Å². The molecule has 0 spiro atoms. The number of epoxide rings is 1. The predicted octanol–water partition coefficient (Wildman–Crippen LogP) is -0.883. The zero-order chi connectivity index (χ0) is 7.14. The molecule has 1 N–H and O–H groups in total. The van der Waals surface area contributed by atoms with Gasteiger partial charge in [0.1, 0.15) is 18.3 Å². The van der Waals surface area contributed by atoms with Crippen LogP contribution in [0.1, 0.15) is 0 Å². The summed E-state index contributed by atoms with van der Waals surface area (Å²) < 4.78 is 15.3. The van der Waals surface area contributed by atoms with Gasteiger partial charge < -0.3 is 19.3 Å². The topological polar surface area (TPSA) is 51.2 Å². The number of ether oxygens (including phenoxy) is 3. The summed E-state index contributed by atoms with van der Waals surface area (Å²) in [5.74, 6) is 0. The Bertz CT molecular complexity index is 124. The number of methoxy groups -OCH3 is 1. The van der Waals surface area contributed by atoms with E-state index in [2.05, 4.69) is 0 Å². The fourth-order valence-electron chi connectivity index (χ4n) is 1.32. The second-order valence-electron chi connectivity index (χ2n) is 2.53. The fourth-order valence-corrected chi connectivity index (χ4v) is 1.32. The quantitative estimate of drug-likeness (QED) is 0.514. The summed E-state index contributed by atoms with van der Waals surface area (Å²) in [5, 5.41) is 8.72. The molecule has 2 aliphatic rings. The van der Waals surface area contributed by atoms with Gasteiger partial charge in [-0.3, -0.25) is 0 Å². The van der Waals surface area contributed by atoms with Gasteiger partial charge in [-0.15, -0.1) is 0 Å². The normalized spacial score (nSPS) is 51.0. The summed E-state index contributed by atoms with van der Waals surface area (Å²) in [6, 6.07) is 0. The molecule has 0 aromatic heterocycles. The largest absolute Gasteiger partial charge is 0.394 e. The molecule has 4 atom stereocenters. The van der Waals surface area contributed by atoms with Crippen LogP contribution in [-0.2, 0) is 14.2 Å². The van der Waals surface area contributed by atoms with Crippen molar-refractivity contribution in [3.8, 4) is 0 Å². The smallest absolute Gasteiger partial charge is 0.186 e. The Labute approximate surface area is 58.7 Å². The van der Waals surface area contributed by atoms with Gasteiger partial charge in [-0.1, -0.05) is 0 Å². The van der Waals surface area contributed by atoms with Crippen molar-refractivity contribution in [1.29, 1.82) is 0 Å². The minimum absolute atomic E-state index is 0.0149. The van der Waals surface area contributed by atoms with Crippen molar-refractivity contribution in [1.82, 2.24) is 0 Å². The summed E-state index contributed by atoms with van der Waals surface area (Å²) in [4.78, 5) is 0. The Morgan fingerprint density at radius 3 is 2.60 bits per heavy atom. The van der Waals surface area contributed by atoms with Crippen LogP contribution >= 0.6 is 0 Å². The van der Waals surface area contributed by atoms with E-state index in [1.165, 1.54) is 0 Å². The Kier molecular flexibility index (Phi) is 1.42. The third-order valence-electron chi connectivity index (χ3n) is 1.92. The SMILES string of the molecule is CO[C@@H]1OC(CO)C2O[C@H]21. The third-order valence-corrected chi connectivity index (χ3v) is 1.92. The molecule has 2 heterocycles. The Balaban J connectivity index is 1.95. The molecule has 0 amide bonds. The number of fused-ring (bicyclic) bond motifs is 1. The first-order chi connectivity index (χ1) is 4.86. The van der Waals surface area contributed by atoms with Gasteiger partial charge >= 0.3 is 0 Å². The summed E-state index contributed by atoms with van der Waals surface area (Å²) in [6.45, 7) is 0.0149. The highest BCUT2D eigenvalue weighted by molar-refractivity contribution is 4.99. The minimum atomic E-state index is -0.262. The zero-order valence-corrected chi connectivity index (χ0v) is 5.69. The number of aliphatic hydroxyl groups is 1. The van der Waals surface area contributed by atoms with Crippen LogP contribution in [0.2, 0.25) is 0 Å². The van der Waals surface area contributed by atoms with Crippen LogP contribution in [0.5, 0.6) is 0 Å². The molecule has 2 unspecified atom stereocenters. The predicted molar refractivity (Wildman–Crippen MR) is 31.4 cm³/mol. The van der Waals surface area contributed by atoms with Gasteiger partial charge in [-0.05, 0) is 0 Å². The lowest BCUT2D eigenvalue weighted by molar-refractivity contribution is -0.166. The van der Waals surface area contributed by atoms with E-state index in [4.69, 9.17) is 19.3 Å². The molecule has 0 aliphatic carbocycles. The molecule has 2 rings (SSSR count). The first kappa shape index (κ1) is 6.54. The van der Waals surface area contributed by atoms with E-state index >= 15 is 0 Å². The van der Waals surface area contributed by atoms with Gasteiger partial charge in [0.2, 0.25) is 0 Å². The van der Waals surface area contributed by atoms with Crippen LogP contribution in [-0.4, -0.2) is 43.4 Å². The molecule has 4 heteroatoms. The van der Waals surface area contributed by atoms with Crippen LogP contribution < -0.4 is 0 Å². The Hall–Kier alpha value is -0.160. The van der Waals surface area contributed by atoms with Crippen molar-refractivity contribution in [2.24, 2.45) is 0 Å². The zero-order valence-electron chi connectivity index (χ0n) is 5.69. The van der Waals surface area contributed by atoms with E-state index in [-0.39, 0.29) is 31.2 Å². The average Bonchev–Trinajstić information content (AvgIpc) is 2.67. The molecule has 10 heavy (non-hydrogen) atoms. The van der Waals surface area contributed by atoms with Gasteiger partial charge in [0.25, 0.3) is 0 Å². The molecule has 2 fully saturated rings. The number of hydrogen-bond donors (Lipinski definition) is 1. The number of aliphatic hydroxyl groups excluding tert-OH is 1. The van der Waals surface area contributed by atoms with Crippen molar-refractivity contribution < 1.29 is 19.3 Å². The molecule has 0 aromatic rings. The van der Waals surface area contributed by atoms with Crippen LogP contribution in [0.15, 0.2) is 0 Å². The molecule has 0 aromatic carbocycles. The first-order valence-electron chi connectivity index (χ1n) is 3.31. The van der Waals surface area contributed by atoms with E-state index in [0.29, 0.717) is 0 Å². The highest BCUT2D eigenvalue weighted by Gasteiger charge is 2.58. The maximum Gasteiger partial charge on any atom is 0.186 e. The van der Waals surface area contributed by atoms with Crippen molar-refractivity contribution in [3.05, 3.63) is 0 Å². The first-order valence-corrected chi connectivity index (χ1v) is 3.31. The summed E-state index contributed by atoms with van der Waals surface area (Å²) in [7, 11) is 1.57. The molecule has 2 saturated heterocycles. The minimum Gasteiger partial charge on any atom is -0.394 e. The summed E-state index contributed by atoms with van der Waals surface area (Å²) in [5.41, 5.74) is 0. The van der Waals surface area contributed by atoms with E-state index in [9.17, 15) is 0 Å². The van der Waals surface area contributed by atoms with Gasteiger partial charge in [-0.2, -0.15) is 0 Å². The third kappa shape index (κ3) is 0.769. The lowest BCUT2D eigenvalue weighted by Gasteiger charge is -2.13. The van der Waals surface area contributed by atoms with Crippen molar-refractivity contribution in [2.45, 2.75) is 24.6 Å². The Morgan fingerprint density at radius 2 is 2.20 bits per heavy atom. The molecule has 0 bridgehead atoms. The lowest BCUT2D eigenvalue weighted by atomic mass is 10.2. The van der Waals surface area contributed by atoms with E-state index in [1.807, 2.05) is 0 Å². The molecule has 2 aliphatic heterocycles. The summed E-state index contributed by atoms with van der Waals surface area (Å²) >= 11 is 0. The van der Waals surface area contributed by atoms with Gasteiger partial charge in [0.05, 0.1) is 6.61 Å². The Morgan fingerprint density at radius 1 is 1.40 bits per heavy atom. The average molecular weight is 146 g/mol. The molecule has 4 nitrogen and oxygen atoms in total. The van der Waals surface area contributed by atoms with Gasteiger partial charge in [-0.25, -0.2) is 0 Å². The number of rotatable bonds is 2. The van der Waals surface area contributed by atoms with Crippen LogP contribution in [0.25, 0.3) is 0 Å². The molecule has 58 valence electrons. The van der Waals surface area contributed by atoms with E-state index < -0.39 is 0 Å². The summed E-state index contributed by atoms with van der Waals surface area (Å²) in [6.07, 6.45) is -0.283. The highest BCUT2D eigenvalue weighted by atomic mass is 16.8. The number of hydrogen-bond acceptors (Lipinski definition) is 4. The maximum absolute atomic E-state index is 8.72. The molecule has 0 saturated carbocycles. The standard InChI is InChI=1S/C6H10O4/c1-8-6-5-4(10-5)3(2-7)9-6/h3-7H,2H2,1H3/t3?,4?,5-,6-/m1/s1. The van der Waals surface area contributed by atoms with E-state index in [1.54, 1.807) is 7.11 Å². The molecular weight excluding hydrogens is 136 g/mol. The monoisotopic (exact) mass is 146 g/mol. The lowest BCUT2D eigenvalue weighted by Crippen LogP contribution is -2.23. The van der Waals surface area contributed by atoms with Gasteiger partial charge in [0.15, 0.2) is 6.29 Å². The molecule has 0 radical (unpaired) electrons. The van der Waals surface area contributed by atoms with Crippen molar-refractivity contribution >= 4 is 0 Å². The van der Waals surface area contributed by atoms with Crippen LogP contribution in [0, 0.1) is 0 Å². The molecular formula is C6H10O4. The fraction of sp³-hybridized carbons (Fsp3) is 1.00. The van der Waals surface area contributed by atoms with Crippen LogP contribution in [0.3, 0.4) is 0 Å². The van der Waals surface area contributed by atoms with Gasteiger partial charge in [0, 0.05) is 7.11 Å². The maximum atomic E-state index is 8.72. The van der Waals surface area contributed by atoms with Crippen molar-refractivity contribution in [3.63, 3.8) is 0 Å². The van der Waals surface area contributed by atoms with E-state index in [0.717, 1.165) is 0 Å². The second kappa shape index (κ2) is 2.17. The highest BCUT2D eigenvalue weighted by Crippen LogP contribution is 2.38. The van der Waals surface area contributed by atoms with Crippen LogP contribution in [0.4, 0.5) is 0 Å².